The van der Waals surface area contributed by atoms with Crippen LogP contribution >= 0.6 is 11.8 Å². The largest absolute Gasteiger partial charge is 0.337 e. The smallest absolute Gasteiger partial charge is 0.315 e. The summed E-state index contributed by atoms with van der Waals surface area (Å²) in [4.78, 5) is 11.6. The predicted octanol–water partition coefficient (Wildman–Crippen LogP) is 3.16. The standard InChI is InChI=1S/C15H22N2OS/c18-15(17-14-8-4-5-9-14)16-10-11-19-12-13-6-2-1-3-7-13/h1-3,6-7,14H,4-5,8-12H2,(H2,16,17,18). The molecular weight excluding hydrogens is 256 g/mol. The fourth-order valence-corrected chi connectivity index (χ4v) is 3.13. The van der Waals surface area contributed by atoms with Crippen molar-refractivity contribution in [2.45, 2.75) is 37.5 Å². The molecule has 1 fully saturated rings. The third-order valence-electron chi connectivity index (χ3n) is 3.33. The van der Waals surface area contributed by atoms with Gasteiger partial charge in [0.2, 0.25) is 0 Å². The van der Waals surface area contributed by atoms with Crippen LogP contribution in [0.2, 0.25) is 0 Å². The van der Waals surface area contributed by atoms with Crippen molar-refractivity contribution in [3.63, 3.8) is 0 Å². The van der Waals surface area contributed by atoms with Crippen LogP contribution in [-0.2, 0) is 5.75 Å². The van der Waals surface area contributed by atoms with Gasteiger partial charge in [-0.1, -0.05) is 43.2 Å². The zero-order valence-electron chi connectivity index (χ0n) is 11.2. The van der Waals surface area contributed by atoms with Gasteiger partial charge in [-0.05, 0) is 18.4 Å². The summed E-state index contributed by atoms with van der Waals surface area (Å²) in [5.41, 5.74) is 1.34. The second-order valence-corrected chi connectivity index (χ2v) is 6.02. The fourth-order valence-electron chi connectivity index (χ4n) is 2.31. The van der Waals surface area contributed by atoms with Gasteiger partial charge in [0, 0.05) is 24.1 Å². The van der Waals surface area contributed by atoms with Crippen molar-refractivity contribution in [1.29, 1.82) is 0 Å². The SMILES string of the molecule is O=C(NCCSCc1ccccc1)NC1CCCC1. The molecule has 0 saturated heterocycles. The maximum atomic E-state index is 11.6. The van der Waals surface area contributed by atoms with Crippen LogP contribution in [0.5, 0.6) is 0 Å². The Kier molecular flexibility index (Phi) is 6.08. The number of carbonyl (C=O) groups excluding carboxylic acids is 1. The van der Waals surface area contributed by atoms with Crippen molar-refractivity contribution in [1.82, 2.24) is 10.6 Å². The predicted molar refractivity (Wildman–Crippen MR) is 81.4 cm³/mol. The van der Waals surface area contributed by atoms with Crippen LogP contribution in [0.1, 0.15) is 31.2 Å². The van der Waals surface area contributed by atoms with E-state index in [1.165, 1.54) is 18.4 Å². The normalized spacial score (nSPS) is 15.4. The van der Waals surface area contributed by atoms with E-state index in [0.29, 0.717) is 6.04 Å². The summed E-state index contributed by atoms with van der Waals surface area (Å²) in [5, 5.41) is 5.95. The zero-order valence-corrected chi connectivity index (χ0v) is 12.0. The molecule has 4 heteroatoms. The van der Waals surface area contributed by atoms with Crippen LogP contribution in [-0.4, -0.2) is 24.4 Å². The van der Waals surface area contributed by atoms with Gasteiger partial charge >= 0.3 is 6.03 Å². The average Bonchev–Trinajstić information content (AvgIpc) is 2.92. The van der Waals surface area contributed by atoms with Crippen molar-refractivity contribution in [3.05, 3.63) is 35.9 Å². The molecule has 0 spiro atoms. The number of amides is 2. The Morgan fingerprint density at radius 3 is 2.68 bits per heavy atom. The van der Waals surface area contributed by atoms with Crippen molar-refractivity contribution in [2.24, 2.45) is 0 Å². The Morgan fingerprint density at radius 2 is 1.95 bits per heavy atom. The van der Waals surface area contributed by atoms with Crippen LogP contribution in [0.4, 0.5) is 4.79 Å². The lowest BCUT2D eigenvalue weighted by atomic mass is 10.2. The van der Waals surface area contributed by atoms with Gasteiger partial charge in [-0.15, -0.1) is 0 Å². The second-order valence-electron chi connectivity index (χ2n) is 4.92. The molecule has 1 aliphatic carbocycles. The molecule has 0 unspecified atom stereocenters. The van der Waals surface area contributed by atoms with Gasteiger partial charge in [0.15, 0.2) is 0 Å². The molecular formula is C15H22N2OS. The summed E-state index contributed by atoms with van der Waals surface area (Å²) in [6.45, 7) is 0.732. The molecule has 104 valence electrons. The van der Waals surface area contributed by atoms with E-state index in [9.17, 15) is 4.79 Å². The van der Waals surface area contributed by atoms with E-state index < -0.39 is 0 Å². The van der Waals surface area contributed by atoms with E-state index in [2.05, 4.69) is 34.9 Å². The van der Waals surface area contributed by atoms with Gasteiger partial charge in [-0.3, -0.25) is 0 Å². The molecule has 0 bridgehead atoms. The highest BCUT2D eigenvalue weighted by atomic mass is 32.2. The maximum absolute atomic E-state index is 11.6. The van der Waals surface area contributed by atoms with Gasteiger partial charge < -0.3 is 10.6 Å². The molecule has 0 atom stereocenters. The highest BCUT2D eigenvalue weighted by molar-refractivity contribution is 7.98. The minimum atomic E-state index is -0.00721. The Morgan fingerprint density at radius 1 is 1.21 bits per heavy atom. The topological polar surface area (TPSA) is 41.1 Å². The van der Waals surface area contributed by atoms with Crippen molar-refractivity contribution in [2.75, 3.05) is 12.3 Å². The van der Waals surface area contributed by atoms with E-state index in [-0.39, 0.29) is 6.03 Å². The molecule has 2 amide bonds. The van der Waals surface area contributed by atoms with Crippen LogP contribution in [0, 0.1) is 0 Å². The molecule has 3 nitrogen and oxygen atoms in total. The Labute approximate surface area is 119 Å². The summed E-state index contributed by atoms with van der Waals surface area (Å²) in [6.07, 6.45) is 4.77. The first kappa shape index (κ1) is 14.3. The Hall–Kier alpha value is -1.16. The summed E-state index contributed by atoms with van der Waals surface area (Å²) in [6, 6.07) is 10.8. The van der Waals surface area contributed by atoms with E-state index in [1.807, 2.05) is 17.8 Å². The third kappa shape index (κ3) is 5.55. The molecule has 1 aliphatic rings. The van der Waals surface area contributed by atoms with Gasteiger partial charge in [-0.25, -0.2) is 4.79 Å². The molecule has 0 radical (unpaired) electrons. The van der Waals surface area contributed by atoms with Crippen LogP contribution in [0.25, 0.3) is 0 Å². The van der Waals surface area contributed by atoms with Crippen LogP contribution in [0.15, 0.2) is 30.3 Å². The maximum Gasteiger partial charge on any atom is 0.315 e. The third-order valence-corrected chi connectivity index (χ3v) is 4.36. The van der Waals surface area contributed by atoms with Crippen molar-refractivity contribution >= 4 is 17.8 Å². The lowest BCUT2D eigenvalue weighted by molar-refractivity contribution is 0.238. The van der Waals surface area contributed by atoms with E-state index in [1.54, 1.807) is 0 Å². The van der Waals surface area contributed by atoms with Gasteiger partial charge in [0.05, 0.1) is 0 Å². The zero-order chi connectivity index (χ0) is 13.3. The summed E-state index contributed by atoms with van der Waals surface area (Å²) >= 11 is 1.85. The lowest BCUT2D eigenvalue weighted by Gasteiger charge is -2.12. The number of rotatable bonds is 6. The van der Waals surface area contributed by atoms with E-state index >= 15 is 0 Å². The number of hydrogen-bond acceptors (Lipinski definition) is 2. The molecule has 19 heavy (non-hydrogen) atoms. The Balaban J connectivity index is 1.50. The molecule has 2 rings (SSSR count). The highest BCUT2D eigenvalue weighted by Crippen LogP contribution is 2.17. The molecule has 1 saturated carbocycles. The van der Waals surface area contributed by atoms with Crippen molar-refractivity contribution in [3.8, 4) is 0 Å². The highest BCUT2D eigenvalue weighted by Gasteiger charge is 2.16. The minimum Gasteiger partial charge on any atom is -0.337 e. The minimum absolute atomic E-state index is 0.00721. The van der Waals surface area contributed by atoms with Crippen LogP contribution in [0.3, 0.4) is 0 Å². The number of carbonyl (C=O) groups is 1. The lowest BCUT2D eigenvalue weighted by Crippen LogP contribution is -2.41. The second kappa shape index (κ2) is 8.10. The number of hydrogen-bond donors (Lipinski definition) is 2. The summed E-state index contributed by atoms with van der Waals surface area (Å²) in [7, 11) is 0. The van der Waals surface area contributed by atoms with Gasteiger partial charge in [0.1, 0.15) is 0 Å². The monoisotopic (exact) mass is 278 g/mol. The van der Waals surface area contributed by atoms with E-state index in [4.69, 9.17) is 0 Å². The van der Waals surface area contributed by atoms with Gasteiger partial charge in [0.25, 0.3) is 0 Å². The first-order valence-corrected chi connectivity index (χ1v) is 8.16. The molecule has 0 heterocycles. The number of benzene rings is 1. The molecule has 0 aromatic heterocycles. The van der Waals surface area contributed by atoms with Crippen molar-refractivity contribution < 1.29 is 4.79 Å². The summed E-state index contributed by atoms with van der Waals surface area (Å²) in [5.74, 6) is 1.96. The van der Waals surface area contributed by atoms with E-state index in [0.717, 1.165) is 30.9 Å². The van der Waals surface area contributed by atoms with Crippen LogP contribution < -0.4 is 10.6 Å². The number of nitrogens with one attached hydrogen (secondary N) is 2. The molecule has 1 aromatic carbocycles. The molecule has 0 aliphatic heterocycles. The summed E-state index contributed by atoms with van der Waals surface area (Å²) < 4.78 is 0. The molecule has 1 aromatic rings. The first-order chi connectivity index (χ1) is 9.34. The quantitative estimate of drug-likeness (QED) is 0.785. The first-order valence-electron chi connectivity index (χ1n) is 7.00. The average molecular weight is 278 g/mol. The Bertz CT molecular complexity index is 377. The molecule has 2 N–H and O–H groups in total. The number of urea groups is 1. The number of thioether (sulfide) groups is 1. The van der Waals surface area contributed by atoms with Gasteiger partial charge in [-0.2, -0.15) is 11.8 Å². The fraction of sp³-hybridized carbons (Fsp3) is 0.533.